The Kier molecular flexibility index (Phi) is 5.68. The molecule has 0 unspecified atom stereocenters. The molecule has 36 heavy (non-hydrogen) atoms. The third-order valence-corrected chi connectivity index (χ3v) is 7.38. The van der Waals surface area contributed by atoms with Gasteiger partial charge in [0.15, 0.2) is 4.80 Å². The summed E-state index contributed by atoms with van der Waals surface area (Å²) in [5.41, 5.74) is 2.74. The minimum Gasteiger partial charge on any atom is -0.466 e. The van der Waals surface area contributed by atoms with Gasteiger partial charge in [-0.05, 0) is 30.7 Å². The van der Waals surface area contributed by atoms with Crippen molar-refractivity contribution < 1.29 is 23.9 Å². The van der Waals surface area contributed by atoms with Crippen LogP contribution in [0.2, 0.25) is 0 Å². The van der Waals surface area contributed by atoms with E-state index in [0.29, 0.717) is 38.4 Å². The van der Waals surface area contributed by atoms with Crippen LogP contribution in [0.25, 0.3) is 5.57 Å². The van der Waals surface area contributed by atoms with E-state index < -0.39 is 23.5 Å². The summed E-state index contributed by atoms with van der Waals surface area (Å²) < 4.78 is 11.4. The maximum atomic E-state index is 13.9. The van der Waals surface area contributed by atoms with E-state index in [1.807, 2.05) is 18.2 Å². The molecule has 1 amide bonds. The zero-order valence-electron chi connectivity index (χ0n) is 19.9. The topological polar surface area (TPSA) is 107 Å². The Hall–Kier alpha value is -4.31. The molecule has 10 heteroatoms. The van der Waals surface area contributed by atoms with Crippen molar-refractivity contribution in [1.29, 1.82) is 0 Å². The van der Waals surface area contributed by atoms with Crippen LogP contribution in [0.3, 0.4) is 0 Å². The highest BCUT2D eigenvalue weighted by atomic mass is 32.1. The lowest BCUT2D eigenvalue weighted by molar-refractivity contribution is -0.136. The van der Waals surface area contributed by atoms with Crippen molar-refractivity contribution in [3.05, 3.63) is 96.2 Å². The van der Waals surface area contributed by atoms with Gasteiger partial charge >= 0.3 is 11.9 Å². The highest BCUT2D eigenvalue weighted by Gasteiger charge is 2.36. The van der Waals surface area contributed by atoms with E-state index in [4.69, 9.17) is 9.47 Å². The number of methoxy groups -OCH3 is 2. The molecule has 2 aliphatic heterocycles. The van der Waals surface area contributed by atoms with Gasteiger partial charge in [0.05, 0.1) is 48.4 Å². The molecule has 2 aliphatic rings. The summed E-state index contributed by atoms with van der Waals surface area (Å²) in [5.74, 6) is -1.42. The predicted octanol–water partition coefficient (Wildman–Crippen LogP) is 1.54. The molecule has 0 saturated carbocycles. The summed E-state index contributed by atoms with van der Waals surface area (Å²) in [7, 11) is 4.21. The van der Waals surface area contributed by atoms with Crippen molar-refractivity contribution in [3.8, 4) is 0 Å². The molecule has 182 valence electrons. The molecule has 0 spiro atoms. The third kappa shape index (κ3) is 3.41. The number of amides is 1. The number of para-hydroxylation sites is 1. The van der Waals surface area contributed by atoms with E-state index >= 15 is 0 Å². The Morgan fingerprint density at radius 2 is 1.64 bits per heavy atom. The quantitative estimate of drug-likeness (QED) is 0.502. The zero-order chi connectivity index (χ0) is 25.7. The van der Waals surface area contributed by atoms with E-state index in [1.54, 1.807) is 44.3 Å². The molecule has 9 nitrogen and oxygen atoms in total. The summed E-state index contributed by atoms with van der Waals surface area (Å²) in [6.45, 7) is 1.67. The van der Waals surface area contributed by atoms with Crippen molar-refractivity contribution in [3.63, 3.8) is 0 Å². The number of esters is 2. The van der Waals surface area contributed by atoms with Gasteiger partial charge in [-0.3, -0.25) is 14.2 Å². The molecule has 1 aromatic heterocycles. The number of ether oxygens (including phenoxy) is 2. The molecular weight excluding hydrogens is 482 g/mol. The molecule has 0 N–H and O–H groups in total. The predicted molar refractivity (Wildman–Crippen MR) is 132 cm³/mol. The monoisotopic (exact) mass is 503 g/mol. The molecule has 3 heterocycles. The molecular formula is C26H21N3O6S. The van der Waals surface area contributed by atoms with Crippen LogP contribution < -0.4 is 19.8 Å². The van der Waals surface area contributed by atoms with Gasteiger partial charge in [-0.15, -0.1) is 0 Å². The molecule has 0 saturated heterocycles. The van der Waals surface area contributed by atoms with Gasteiger partial charge in [0, 0.05) is 12.6 Å². The van der Waals surface area contributed by atoms with Gasteiger partial charge in [0.25, 0.3) is 11.5 Å². The molecule has 2 aromatic carbocycles. The lowest BCUT2D eigenvalue weighted by Crippen LogP contribution is -2.40. The van der Waals surface area contributed by atoms with E-state index in [2.05, 4.69) is 4.99 Å². The number of allylic oxidation sites excluding steroid dienone is 1. The number of fused-ring (bicyclic) bond motifs is 2. The average molecular weight is 504 g/mol. The van der Waals surface area contributed by atoms with Crippen LogP contribution in [0.4, 0.5) is 5.69 Å². The fraction of sp³-hybridized carbons (Fsp3) is 0.192. The van der Waals surface area contributed by atoms with Crippen LogP contribution in [0.15, 0.2) is 69.6 Å². The van der Waals surface area contributed by atoms with Crippen molar-refractivity contribution in [1.82, 2.24) is 4.57 Å². The highest BCUT2D eigenvalue weighted by Crippen LogP contribution is 2.34. The maximum absolute atomic E-state index is 13.9. The second-order valence-corrected chi connectivity index (χ2v) is 9.24. The summed E-state index contributed by atoms with van der Waals surface area (Å²) in [6.07, 6.45) is 0. The zero-order valence-corrected chi connectivity index (χ0v) is 20.7. The van der Waals surface area contributed by atoms with Crippen LogP contribution >= 0.6 is 11.3 Å². The number of carbonyl (C=O) groups is 3. The summed E-state index contributed by atoms with van der Waals surface area (Å²) in [4.78, 5) is 58.2. The molecule has 0 radical (unpaired) electrons. The van der Waals surface area contributed by atoms with Crippen LogP contribution in [-0.2, 0) is 19.1 Å². The highest BCUT2D eigenvalue weighted by molar-refractivity contribution is 7.07. The smallest absolute Gasteiger partial charge is 0.338 e. The minimum atomic E-state index is -0.862. The number of nitrogens with zero attached hydrogens (tertiary/aromatic N) is 3. The Labute approximate surface area is 209 Å². The first-order chi connectivity index (χ1) is 17.3. The Morgan fingerprint density at radius 1 is 0.972 bits per heavy atom. The Bertz CT molecular complexity index is 1660. The van der Waals surface area contributed by atoms with E-state index in [1.165, 1.54) is 23.7 Å². The maximum Gasteiger partial charge on any atom is 0.338 e. The number of carbonyl (C=O) groups excluding carboxylic acids is 3. The van der Waals surface area contributed by atoms with Gasteiger partial charge < -0.3 is 14.4 Å². The molecule has 0 bridgehead atoms. The average Bonchev–Trinajstić information content (AvgIpc) is 3.34. The lowest BCUT2D eigenvalue weighted by atomic mass is 9.95. The molecule has 5 rings (SSSR count). The molecule has 1 atom stereocenters. The summed E-state index contributed by atoms with van der Waals surface area (Å²) in [5, 5.41) is 0. The second kappa shape index (κ2) is 8.72. The Balaban J connectivity index is 1.80. The fourth-order valence-electron chi connectivity index (χ4n) is 4.57. The number of hydrogen-bond acceptors (Lipinski definition) is 8. The standard InChI is InChI=1S/C26H21N3O6S/c1-13-18(25(33)35-4)20(14-9-11-15(12-10-14)24(32)34-3)29-23(31)21(36-26(29)27-13)19-16-7-5-6-8-17(16)28(2)22(19)30/h5-12,20H,1-4H3/b21-19-/t20-/m0/s1. The number of benzene rings is 2. The number of anilines is 1. The first-order valence-electron chi connectivity index (χ1n) is 11.0. The normalized spacial score (nSPS) is 17.9. The fourth-order valence-corrected chi connectivity index (χ4v) is 5.70. The van der Waals surface area contributed by atoms with Gasteiger partial charge in [0.2, 0.25) is 0 Å². The number of likely N-dealkylation sites (N-methyl/N-ethyl adjacent to an activating group) is 1. The van der Waals surface area contributed by atoms with Crippen molar-refractivity contribution >= 4 is 40.4 Å². The Morgan fingerprint density at radius 3 is 2.31 bits per heavy atom. The van der Waals surface area contributed by atoms with Gasteiger partial charge in [-0.1, -0.05) is 41.7 Å². The molecule has 0 aliphatic carbocycles. The minimum absolute atomic E-state index is 0.197. The largest absolute Gasteiger partial charge is 0.466 e. The summed E-state index contributed by atoms with van der Waals surface area (Å²) in [6, 6.07) is 12.8. The van der Waals surface area contributed by atoms with Crippen molar-refractivity contribution in [2.45, 2.75) is 13.0 Å². The van der Waals surface area contributed by atoms with E-state index in [0.717, 1.165) is 11.3 Å². The first kappa shape index (κ1) is 23.4. The van der Waals surface area contributed by atoms with Crippen LogP contribution in [0.1, 0.15) is 34.5 Å². The van der Waals surface area contributed by atoms with Crippen LogP contribution in [0, 0.1) is 0 Å². The van der Waals surface area contributed by atoms with Gasteiger partial charge in [0.1, 0.15) is 4.53 Å². The van der Waals surface area contributed by atoms with Crippen LogP contribution in [0.5, 0.6) is 0 Å². The molecule has 3 aromatic rings. The number of rotatable bonds is 3. The van der Waals surface area contributed by atoms with Gasteiger partial charge in [-0.25, -0.2) is 14.6 Å². The van der Waals surface area contributed by atoms with Crippen molar-refractivity contribution in [2.75, 3.05) is 26.2 Å². The van der Waals surface area contributed by atoms with Crippen molar-refractivity contribution in [2.24, 2.45) is 4.99 Å². The number of thiazole rings is 1. The van der Waals surface area contributed by atoms with E-state index in [9.17, 15) is 19.2 Å². The van der Waals surface area contributed by atoms with E-state index in [-0.39, 0.29) is 16.0 Å². The second-order valence-electron chi connectivity index (χ2n) is 8.26. The molecule has 0 fully saturated rings. The number of aromatic nitrogens is 1. The van der Waals surface area contributed by atoms with Gasteiger partial charge in [-0.2, -0.15) is 0 Å². The third-order valence-electron chi connectivity index (χ3n) is 6.33. The lowest BCUT2D eigenvalue weighted by Gasteiger charge is -2.24. The van der Waals surface area contributed by atoms with Crippen LogP contribution in [-0.4, -0.2) is 43.7 Å². The first-order valence-corrected chi connectivity index (χ1v) is 11.8. The summed E-state index contributed by atoms with van der Waals surface area (Å²) >= 11 is 1.10. The number of hydrogen-bond donors (Lipinski definition) is 0. The SMILES string of the molecule is COC(=O)C1=C(C)N=c2s/c(=C3\C(=O)N(C)c4ccccc43)c(=O)n2[C@H]1c1ccc(C(=O)OC)cc1.